The molecule has 2 unspecified atom stereocenters. The van der Waals surface area contributed by atoms with Gasteiger partial charge in [-0.25, -0.2) is 12.8 Å². The van der Waals surface area contributed by atoms with Gasteiger partial charge in [0.05, 0.1) is 17.0 Å². The van der Waals surface area contributed by atoms with Crippen molar-refractivity contribution < 1.29 is 22.4 Å². The maximum Gasteiger partial charge on any atom is 0.243 e. The topological polar surface area (TPSA) is 105 Å². The van der Waals surface area contributed by atoms with Gasteiger partial charge in [0.2, 0.25) is 5.89 Å². The summed E-state index contributed by atoms with van der Waals surface area (Å²) in [7, 11) is -3.67. The number of halogens is 1. The Labute approximate surface area is 126 Å². The molecule has 0 radical (unpaired) electrons. The quantitative estimate of drug-likeness (QED) is 0.791. The third kappa shape index (κ3) is 3.16. The summed E-state index contributed by atoms with van der Waals surface area (Å²) in [4.78, 5) is 4.05. The average molecular weight is 327 g/mol. The van der Waals surface area contributed by atoms with Crippen LogP contribution in [-0.2, 0) is 15.6 Å². The SMILES string of the molecule is O=S(=O)(Cc1noc(C2CC(O)CN2)n1)c1ccc(F)cc1. The van der Waals surface area contributed by atoms with Gasteiger partial charge in [0.1, 0.15) is 11.6 Å². The van der Waals surface area contributed by atoms with Gasteiger partial charge in [-0.1, -0.05) is 5.16 Å². The minimum atomic E-state index is -3.67. The minimum absolute atomic E-state index is 0.00494. The first-order valence-electron chi connectivity index (χ1n) is 6.66. The summed E-state index contributed by atoms with van der Waals surface area (Å²) >= 11 is 0. The summed E-state index contributed by atoms with van der Waals surface area (Å²) in [6.07, 6.45) is -0.0462. The molecule has 118 valence electrons. The van der Waals surface area contributed by atoms with Crippen LogP contribution in [0.5, 0.6) is 0 Å². The van der Waals surface area contributed by atoms with Crippen molar-refractivity contribution in [2.75, 3.05) is 6.54 Å². The maximum atomic E-state index is 12.8. The van der Waals surface area contributed by atoms with Crippen molar-refractivity contribution in [2.45, 2.75) is 29.2 Å². The Hall–Kier alpha value is -1.84. The summed E-state index contributed by atoms with van der Waals surface area (Å²) in [5, 5.41) is 16.1. The largest absolute Gasteiger partial charge is 0.392 e. The van der Waals surface area contributed by atoms with Crippen LogP contribution in [0.25, 0.3) is 0 Å². The first-order valence-corrected chi connectivity index (χ1v) is 8.31. The zero-order valence-corrected chi connectivity index (χ0v) is 12.3. The smallest absolute Gasteiger partial charge is 0.243 e. The van der Waals surface area contributed by atoms with Gasteiger partial charge >= 0.3 is 0 Å². The van der Waals surface area contributed by atoms with Crippen LogP contribution < -0.4 is 5.32 Å². The number of β-amino-alcohol motifs (C(OH)–C–C–N with tert-alkyl or cyclic N) is 1. The van der Waals surface area contributed by atoms with Crippen molar-refractivity contribution in [2.24, 2.45) is 0 Å². The highest BCUT2D eigenvalue weighted by Crippen LogP contribution is 2.23. The normalized spacial score (nSPS) is 22.1. The van der Waals surface area contributed by atoms with Gasteiger partial charge in [-0.15, -0.1) is 0 Å². The third-order valence-electron chi connectivity index (χ3n) is 3.38. The molecule has 0 aliphatic carbocycles. The summed E-state index contributed by atoms with van der Waals surface area (Å²) in [5.74, 6) is -0.660. The van der Waals surface area contributed by atoms with Gasteiger partial charge in [0.25, 0.3) is 0 Å². The molecule has 0 spiro atoms. The molecule has 2 aromatic rings. The van der Waals surface area contributed by atoms with Crippen LogP contribution in [-0.4, -0.2) is 36.3 Å². The van der Waals surface area contributed by atoms with Crippen molar-refractivity contribution in [3.8, 4) is 0 Å². The number of nitrogens with zero attached hydrogens (tertiary/aromatic N) is 2. The van der Waals surface area contributed by atoms with E-state index in [1.54, 1.807) is 0 Å². The van der Waals surface area contributed by atoms with Crippen molar-refractivity contribution >= 4 is 9.84 Å². The van der Waals surface area contributed by atoms with E-state index >= 15 is 0 Å². The Bertz CT molecular complexity index is 760. The molecule has 9 heteroatoms. The van der Waals surface area contributed by atoms with Crippen molar-refractivity contribution in [3.05, 3.63) is 41.8 Å². The molecule has 0 bridgehead atoms. The van der Waals surface area contributed by atoms with E-state index in [1.807, 2.05) is 0 Å². The fourth-order valence-corrected chi connectivity index (χ4v) is 3.44. The van der Waals surface area contributed by atoms with Gasteiger partial charge in [-0.2, -0.15) is 4.98 Å². The van der Waals surface area contributed by atoms with Gasteiger partial charge in [-0.05, 0) is 30.7 Å². The lowest BCUT2D eigenvalue weighted by atomic mass is 10.2. The predicted octanol–water partition coefficient (Wildman–Crippen LogP) is 0.578. The number of aliphatic hydroxyl groups excluding tert-OH is 1. The second kappa shape index (κ2) is 5.75. The van der Waals surface area contributed by atoms with Crippen LogP contribution in [0.3, 0.4) is 0 Å². The zero-order valence-electron chi connectivity index (χ0n) is 11.4. The average Bonchev–Trinajstić information content (AvgIpc) is 3.08. The molecule has 1 aliphatic rings. The molecule has 0 saturated carbocycles. The van der Waals surface area contributed by atoms with E-state index in [0.717, 1.165) is 12.1 Å². The summed E-state index contributed by atoms with van der Waals surface area (Å²) in [5.41, 5.74) is 0. The van der Waals surface area contributed by atoms with E-state index in [1.165, 1.54) is 12.1 Å². The second-order valence-corrected chi connectivity index (χ2v) is 7.10. The van der Waals surface area contributed by atoms with Gasteiger partial charge in [0.15, 0.2) is 15.7 Å². The number of aromatic nitrogens is 2. The van der Waals surface area contributed by atoms with Gasteiger partial charge < -0.3 is 14.9 Å². The predicted molar refractivity (Wildman–Crippen MR) is 73.0 cm³/mol. The van der Waals surface area contributed by atoms with Crippen molar-refractivity contribution in [1.82, 2.24) is 15.5 Å². The number of benzene rings is 1. The molecule has 1 aromatic heterocycles. The molecule has 1 aliphatic heterocycles. The molecule has 7 nitrogen and oxygen atoms in total. The van der Waals surface area contributed by atoms with Crippen LogP contribution in [0.2, 0.25) is 0 Å². The summed E-state index contributed by atoms with van der Waals surface area (Å²) < 4.78 is 42.3. The van der Waals surface area contributed by atoms with Crippen LogP contribution in [0.4, 0.5) is 4.39 Å². The first kappa shape index (κ1) is 15.1. The van der Waals surface area contributed by atoms with E-state index in [-0.39, 0.29) is 22.7 Å². The zero-order chi connectivity index (χ0) is 15.7. The van der Waals surface area contributed by atoms with Crippen LogP contribution in [0.1, 0.15) is 24.2 Å². The lowest BCUT2D eigenvalue weighted by Gasteiger charge is -2.02. The highest BCUT2D eigenvalue weighted by molar-refractivity contribution is 7.90. The first-order chi connectivity index (χ1) is 10.4. The van der Waals surface area contributed by atoms with E-state index in [2.05, 4.69) is 15.5 Å². The highest BCUT2D eigenvalue weighted by atomic mass is 32.2. The number of nitrogens with one attached hydrogen (secondary N) is 1. The maximum absolute atomic E-state index is 12.8. The van der Waals surface area contributed by atoms with E-state index in [9.17, 15) is 17.9 Å². The number of sulfone groups is 1. The second-order valence-electron chi connectivity index (χ2n) is 5.11. The molecule has 1 aromatic carbocycles. The van der Waals surface area contributed by atoms with Gasteiger partial charge in [-0.3, -0.25) is 0 Å². The van der Waals surface area contributed by atoms with E-state index < -0.39 is 27.5 Å². The van der Waals surface area contributed by atoms with Crippen LogP contribution in [0.15, 0.2) is 33.7 Å². The Morgan fingerprint density at radius 2 is 2.09 bits per heavy atom. The summed E-state index contributed by atoms with van der Waals surface area (Å²) in [6, 6.07) is 4.28. The molecular formula is C13H14FN3O4S. The Balaban J connectivity index is 1.75. The van der Waals surface area contributed by atoms with Crippen molar-refractivity contribution in [1.29, 1.82) is 0 Å². The molecular weight excluding hydrogens is 313 g/mol. The minimum Gasteiger partial charge on any atom is -0.392 e. The number of aliphatic hydroxyl groups is 1. The molecule has 0 amide bonds. The van der Waals surface area contributed by atoms with Crippen molar-refractivity contribution in [3.63, 3.8) is 0 Å². The molecule has 22 heavy (non-hydrogen) atoms. The lowest BCUT2D eigenvalue weighted by Crippen LogP contribution is -2.15. The Morgan fingerprint density at radius 3 is 2.73 bits per heavy atom. The summed E-state index contributed by atoms with van der Waals surface area (Å²) in [6.45, 7) is 0.427. The fraction of sp³-hybridized carbons (Fsp3) is 0.385. The molecule has 1 saturated heterocycles. The lowest BCUT2D eigenvalue weighted by molar-refractivity contribution is 0.191. The molecule has 2 N–H and O–H groups in total. The fourth-order valence-electron chi connectivity index (χ4n) is 2.27. The molecule has 3 rings (SSSR count). The molecule has 2 heterocycles. The Kier molecular flexibility index (Phi) is 3.94. The van der Waals surface area contributed by atoms with Gasteiger partial charge in [0, 0.05) is 6.54 Å². The third-order valence-corrected chi connectivity index (χ3v) is 5.01. The number of rotatable bonds is 4. The standard InChI is InChI=1S/C13H14FN3O4S/c14-8-1-3-10(4-2-8)22(19,20)7-12-16-13(21-17-12)11-5-9(18)6-15-11/h1-4,9,11,15,18H,5-7H2. The Morgan fingerprint density at radius 1 is 1.36 bits per heavy atom. The molecule has 1 fully saturated rings. The number of hydrogen-bond donors (Lipinski definition) is 2. The number of hydrogen-bond acceptors (Lipinski definition) is 7. The molecule has 2 atom stereocenters. The van der Waals surface area contributed by atoms with E-state index in [0.29, 0.717) is 13.0 Å². The highest BCUT2D eigenvalue weighted by Gasteiger charge is 2.29. The van der Waals surface area contributed by atoms with Crippen LogP contribution in [0, 0.1) is 5.82 Å². The van der Waals surface area contributed by atoms with Crippen LogP contribution >= 0.6 is 0 Å². The van der Waals surface area contributed by atoms with E-state index in [4.69, 9.17) is 4.52 Å². The monoisotopic (exact) mass is 327 g/mol.